The molecule has 0 unspecified atom stereocenters. The zero-order valence-electron chi connectivity index (χ0n) is 8.51. The molecule has 0 radical (unpaired) electrons. The molecule has 12 heavy (non-hydrogen) atoms. The highest BCUT2D eigenvalue weighted by molar-refractivity contribution is 5.25. The van der Waals surface area contributed by atoms with E-state index >= 15 is 0 Å². The highest BCUT2D eigenvalue weighted by Gasteiger charge is 1.93. The summed E-state index contributed by atoms with van der Waals surface area (Å²) < 4.78 is 5.04. The highest BCUT2D eigenvalue weighted by atomic mass is 16.5. The lowest BCUT2D eigenvalue weighted by Crippen LogP contribution is -1.89. The summed E-state index contributed by atoms with van der Waals surface area (Å²) in [6.45, 7) is 7.91. The normalized spacial score (nSPS) is 8.42. The van der Waals surface area contributed by atoms with Crippen LogP contribution < -0.4 is 4.74 Å². The van der Waals surface area contributed by atoms with Gasteiger partial charge in [0, 0.05) is 23.5 Å². The maximum atomic E-state index is 5.04. The first-order chi connectivity index (χ1) is 5.72. The minimum atomic E-state index is 0.880. The van der Waals surface area contributed by atoms with Crippen LogP contribution in [0.25, 0.3) is 0 Å². The lowest BCUT2D eigenvalue weighted by Gasteiger charge is -2.00. The molecule has 1 aromatic heterocycles. The van der Waals surface area contributed by atoms with Crippen LogP contribution in [-0.4, -0.2) is 12.1 Å². The molecule has 0 N–H and O–H groups in total. The van der Waals surface area contributed by atoms with E-state index in [0.717, 1.165) is 17.1 Å². The lowest BCUT2D eigenvalue weighted by atomic mass is 10.3. The standard InChI is InChI=1S/C8H11NO.C2H6/c1-6-4-8(10-3)5-7(2)9-6;1-2/h4-5H,1-3H3;1-2H3. The number of aromatic nitrogens is 1. The summed E-state index contributed by atoms with van der Waals surface area (Å²) in [7, 11) is 1.66. The van der Waals surface area contributed by atoms with Crippen LogP contribution in [0.3, 0.4) is 0 Å². The second kappa shape index (κ2) is 5.58. The van der Waals surface area contributed by atoms with E-state index in [-0.39, 0.29) is 0 Å². The van der Waals surface area contributed by atoms with Gasteiger partial charge >= 0.3 is 0 Å². The molecule has 0 aliphatic heterocycles. The summed E-state index contributed by atoms with van der Waals surface area (Å²) in [6, 6.07) is 3.82. The fourth-order valence-corrected chi connectivity index (χ4v) is 0.914. The zero-order chi connectivity index (χ0) is 9.56. The Morgan fingerprint density at radius 1 is 1.08 bits per heavy atom. The van der Waals surface area contributed by atoms with Gasteiger partial charge in [-0.15, -0.1) is 0 Å². The smallest absolute Gasteiger partial charge is 0.122 e. The molecule has 1 aromatic rings. The predicted octanol–water partition coefficient (Wildman–Crippen LogP) is 2.73. The summed E-state index contributed by atoms with van der Waals surface area (Å²) in [6.07, 6.45) is 0. The van der Waals surface area contributed by atoms with E-state index < -0.39 is 0 Å². The topological polar surface area (TPSA) is 22.1 Å². The van der Waals surface area contributed by atoms with Gasteiger partial charge in [-0.2, -0.15) is 0 Å². The molecule has 0 aliphatic rings. The molecule has 0 bridgehead atoms. The van der Waals surface area contributed by atoms with Crippen LogP contribution in [0.1, 0.15) is 25.2 Å². The molecule has 0 aliphatic carbocycles. The Balaban J connectivity index is 0.000000561. The van der Waals surface area contributed by atoms with Crippen LogP contribution >= 0.6 is 0 Å². The first-order valence-corrected chi connectivity index (χ1v) is 4.21. The van der Waals surface area contributed by atoms with E-state index in [1.54, 1.807) is 7.11 Å². The Kier molecular flexibility index (Phi) is 5.09. The van der Waals surface area contributed by atoms with E-state index in [9.17, 15) is 0 Å². The van der Waals surface area contributed by atoms with Crippen molar-refractivity contribution in [3.63, 3.8) is 0 Å². The van der Waals surface area contributed by atoms with Crippen molar-refractivity contribution in [1.29, 1.82) is 0 Å². The van der Waals surface area contributed by atoms with Gasteiger partial charge < -0.3 is 4.74 Å². The molecule has 1 rings (SSSR count). The molecule has 0 saturated heterocycles. The molecule has 0 amide bonds. The van der Waals surface area contributed by atoms with Crippen LogP contribution in [0.5, 0.6) is 5.75 Å². The molecule has 2 nitrogen and oxygen atoms in total. The van der Waals surface area contributed by atoms with Crippen LogP contribution in [0.2, 0.25) is 0 Å². The Hall–Kier alpha value is -1.05. The van der Waals surface area contributed by atoms with Crippen molar-refractivity contribution in [2.75, 3.05) is 7.11 Å². The van der Waals surface area contributed by atoms with Crippen molar-refractivity contribution < 1.29 is 4.74 Å². The Morgan fingerprint density at radius 3 is 1.83 bits per heavy atom. The molecule has 0 saturated carbocycles. The van der Waals surface area contributed by atoms with Gasteiger partial charge in [0.25, 0.3) is 0 Å². The van der Waals surface area contributed by atoms with Gasteiger partial charge in [-0.3, -0.25) is 4.98 Å². The summed E-state index contributed by atoms with van der Waals surface area (Å²) in [4.78, 5) is 4.20. The van der Waals surface area contributed by atoms with Gasteiger partial charge in [0.05, 0.1) is 7.11 Å². The van der Waals surface area contributed by atoms with Crippen molar-refractivity contribution in [2.45, 2.75) is 27.7 Å². The quantitative estimate of drug-likeness (QED) is 0.641. The fourth-order valence-electron chi connectivity index (χ4n) is 0.914. The number of rotatable bonds is 1. The van der Waals surface area contributed by atoms with Crippen molar-refractivity contribution in [3.05, 3.63) is 23.5 Å². The van der Waals surface area contributed by atoms with Crippen LogP contribution in [-0.2, 0) is 0 Å². The number of methoxy groups -OCH3 is 1. The number of pyridine rings is 1. The van der Waals surface area contributed by atoms with Gasteiger partial charge in [0.2, 0.25) is 0 Å². The average molecular weight is 167 g/mol. The highest BCUT2D eigenvalue weighted by Crippen LogP contribution is 2.11. The molecule has 1 heterocycles. The molecule has 2 heteroatoms. The van der Waals surface area contributed by atoms with Crippen molar-refractivity contribution in [2.24, 2.45) is 0 Å². The number of aryl methyl sites for hydroxylation is 2. The van der Waals surface area contributed by atoms with E-state index in [1.165, 1.54) is 0 Å². The minimum Gasteiger partial charge on any atom is -0.497 e. The van der Waals surface area contributed by atoms with Gasteiger partial charge in [0.15, 0.2) is 0 Å². The van der Waals surface area contributed by atoms with E-state index in [4.69, 9.17) is 4.74 Å². The molecule has 0 atom stereocenters. The van der Waals surface area contributed by atoms with E-state index in [1.807, 2.05) is 39.8 Å². The van der Waals surface area contributed by atoms with E-state index in [0.29, 0.717) is 0 Å². The fraction of sp³-hybridized carbons (Fsp3) is 0.500. The molecule has 0 fully saturated rings. The lowest BCUT2D eigenvalue weighted by molar-refractivity contribution is 0.413. The Bertz CT molecular complexity index is 213. The maximum Gasteiger partial charge on any atom is 0.122 e. The largest absolute Gasteiger partial charge is 0.497 e. The first kappa shape index (κ1) is 11.0. The number of hydrogen-bond acceptors (Lipinski definition) is 2. The second-order valence-corrected chi connectivity index (χ2v) is 2.29. The van der Waals surface area contributed by atoms with Crippen LogP contribution in [0, 0.1) is 13.8 Å². The molecule has 68 valence electrons. The molecule has 0 aromatic carbocycles. The predicted molar refractivity (Wildman–Crippen MR) is 51.6 cm³/mol. The third-order valence-electron chi connectivity index (χ3n) is 1.29. The summed E-state index contributed by atoms with van der Waals surface area (Å²) in [5, 5.41) is 0. The number of hydrogen-bond donors (Lipinski definition) is 0. The van der Waals surface area contributed by atoms with Gasteiger partial charge in [-0.1, -0.05) is 13.8 Å². The molecular formula is C10H17NO. The van der Waals surface area contributed by atoms with Gasteiger partial charge in [0.1, 0.15) is 5.75 Å². The van der Waals surface area contributed by atoms with Gasteiger partial charge in [-0.25, -0.2) is 0 Å². The Labute approximate surface area is 74.6 Å². The van der Waals surface area contributed by atoms with Crippen molar-refractivity contribution in [3.8, 4) is 5.75 Å². The minimum absolute atomic E-state index is 0.880. The maximum absolute atomic E-state index is 5.04. The summed E-state index contributed by atoms with van der Waals surface area (Å²) in [5.74, 6) is 0.880. The first-order valence-electron chi connectivity index (χ1n) is 4.21. The summed E-state index contributed by atoms with van der Waals surface area (Å²) >= 11 is 0. The number of ether oxygens (including phenoxy) is 1. The average Bonchev–Trinajstić information content (AvgIpc) is 2.06. The third kappa shape index (κ3) is 3.37. The molecule has 0 spiro atoms. The second-order valence-electron chi connectivity index (χ2n) is 2.29. The van der Waals surface area contributed by atoms with Crippen LogP contribution in [0.4, 0.5) is 0 Å². The summed E-state index contributed by atoms with van der Waals surface area (Å²) in [5.41, 5.74) is 1.99. The van der Waals surface area contributed by atoms with Crippen molar-refractivity contribution in [1.82, 2.24) is 4.98 Å². The number of nitrogens with zero attached hydrogens (tertiary/aromatic N) is 1. The van der Waals surface area contributed by atoms with Crippen LogP contribution in [0.15, 0.2) is 12.1 Å². The molecular weight excluding hydrogens is 150 g/mol. The van der Waals surface area contributed by atoms with Gasteiger partial charge in [-0.05, 0) is 13.8 Å². The zero-order valence-corrected chi connectivity index (χ0v) is 8.51. The SMILES string of the molecule is CC.COc1cc(C)nc(C)c1. The monoisotopic (exact) mass is 167 g/mol. The van der Waals surface area contributed by atoms with E-state index in [2.05, 4.69) is 4.98 Å². The third-order valence-corrected chi connectivity index (χ3v) is 1.29. The van der Waals surface area contributed by atoms with Crippen molar-refractivity contribution >= 4 is 0 Å². The Morgan fingerprint density at radius 2 is 1.50 bits per heavy atom.